The highest BCUT2D eigenvalue weighted by molar-refractivity contribution is 7.92. The van der Waals surface area contributed by atoms with Gasteiger partial charge in [0.15, 0.2) is 0 Å². The monoisotopic (exact) mass is 273 g/mol. The molecule has 0 radical (unpaired) electrons. The zero-order valence-corrected chi connectivity index (χ0v) is 9.76. The topological polar surface area (TPSA) is 136 Å². The third-order valence-corrected chi connectivity index (χ3v) is 3.00. The molecule has 96 valence electrons. The minimum atomic E-state index is -4.09. The summed E-state index contributed by atoms with van der Waals surface area (Å²) in [7, 11) is -4.09. The van der Waals surface area contributed by atoms with E-state index in [9.17, 15) is 13.2 Å². The van der Waals surface area contributed by atoms with Gasteiger partial charge < -0.3 is 13.9 Å². The van der Waals surface area contributed by atoms with Crippen molar-refractivity contribution >= 4 is 22.0 Å². The van der Waals surface area contributed by atoms with E-state index >= 15 is 0 Å². The summed E-state index contributed by atoms with van der Waals surface area (Å²) in [5, 5.41) is 14.9. The van der Waals surface area contributed by atoms with Crippen LogP contribution in [0.1, 0.15) is 16.4 Å². The molecule has 2 aromatic rings. The molecule has 0 spiro atoms. The van der Waals surface area contributed by atoms with Gasteiger partial charge in [-0.15, -0.1) is 5.10 Å². The molecule has 0 amide bonds. The summed E-state index contributed by atoms with van der Waals surface area (Å²) < 4.78 is 34.9. The number of aromatic carboxylic acids is 1. The van der Waals surface area contributed by atoms with Crippen LogP contribution in [0.4, 0.5) is 6.01 Å². The van der Waals surface area contributed by atoms with E-state index in [1.807, 2.05) is 4.72 Å². The van der Waals surface area contributed by atoms with E-state index in [4.69, 9.17) is 9.52 Å². The average Bonchev–Trinajstić information content (AvgIpc) is 2.86. The first-order chi connectivity index (χ1) is 8.38. The number of rotatable bonds is 4. The Labute approximate surface area is 100 Å². The van der Waals surface area contributed by atoms with Gasteiger partial charge in [-0.05, 0) is 12.1 Å². The van der Waals surface area contributed by atoms with Crippen molar-refractivity contribution in [3.63, 3.8) is 0 Å². The zero-order chi connectivity index (χ0) is 13.3. The van der Waals surface area contributed by atoms with Gasteiger partial charge >= 0.3 is 12.0 Å². The van der Waals surface area contributed by atoms with Crippen molar-refractivity contribution in [1.82, 2.24) is 10.2 Å². The number of aryl methyl sites for hydroxylation is 1. The van der Waals surface area contributed by atoms with E-state index in [2.05, 4.69) is 14.6 Å². The van der Waals surface area contributed by atoms with E-state index < -0.39 is 26.8 Å². The van der Waals surface area contributed by atoms with Gasteiger partial charge in [-0.25, -0.2) is 9.52 Å². The molecule has 9 nitrogen and oxygen atoms in total. The quantitative estimate of drug-likeness (QED) is 0.820. The number of carboxylic acid groups (broad SMARTS) is 1. The van der Waals surface area contributed by atoms with E-state index in [1.54, 1.807) is 0 Å². The minimum absolute atomic E-state index is 0.179. The molecule has 0 aliphatic rings. The highest BCUT2D eigenvalue weighted by atomic mass is 32.2. The van der Waals surface area contributed by atoms with Crippen LogP contribution in [-0.4, -0.2) is 29.7 Å². The standard InChI is InChI=1S/C8H7N3O6S/c1-4-9-10-8(16-4)11-18(14,15)6-3-2-5(17-6)7(12)13/h2-3H,1H3,(H,10,11)(H,12,13). The van der Waals surface area contributed by atoms with Crippen molar-refractivity contribution < 1.29 is 27.2 Å². The number of nitrogens with one attached hydrogen (secondary N) is 1. The molecule has 2 heterocycles. The molecule has 2 rings (SSSR count). The third-order valence-electron chi connectivity index (χ3n) is 1.80. The molecule has 0 atom stereocenters. The Morgan fingerprint density at radius 1 is 1.33 bits per heavy atom. The lowest BCUT2D eigenvalue weighted by Crippen LogP contribution is -2.12. The van der Waals surface area contributed by atoms with Crippen molar-refractivity contribution in [2.24, 2.45) is 0 Å². The average molecular weight is 273 g/mol. The highest BCUT2D eigenvalue weighted by Gasteiger charge is 2.23. The molecule has 0 fully saturated rings. The molecule has 10 heteroatoms. The molecule has 0 aromatic carbocycles. The van der Waals surface area contributed by atoms with Crippen LogP contribution in [0.5, 0.6) is 0 Å². The molecular weight excluding hydrogens is 266 g/mol. The second kappa shape index (κ2) is 4.14. The summed E-state index contributed by atoms with van der Waals surface area (Å²) >= 11 is 0. The maximum atomic E-state index is 11.7. The molecular formula is C8H7N3O6S. The molecule has 18 heavy (non-hydrogen) atoms. The van der Waals surface area contributed by atoms with Gasteiger partial charge in [-0.2, -0.15) is 8.42 Å². The zero-order valence-electron chi connectivity index (χ0n) is 8.95. The molecule has 2 N–H and O–H groups in total. The van der Waals surface area contributed by atoms with E-state index in [0.717, 1.165) is 12.1 Å². The van der Waals surface area contributed by atoms with Crippen molar-refractivity contribution in [3.8, 4) is 0 Å². The largest absolute Gasteiger partial charge is 0.475 e. The fraction of sp³-hybridized carbons (Fsp3) is 0.125. The predicted molar refractivity (Wildman–Crippen MR) is 55.5 cm³/mol. The molecule has 0 bridgehead atoms. The summed E-state index contributed by atoms with van der Waals surface area (Å²) in [6.07, 6.45) is 0. The van der Waals surface area contributed by atoms with Crippen molar-refractivity contribution in [2.75, 3.05) is 4.72 Å². The van der Waals surface area contributed by atoms with Gasteiger partial charge in [0.2, 0.25) is 16.7 Å². The molecule has 0 aliphatic carbocycles. The van der Waals surface area contributed by atoms with Crippen LogP contribution in [-0.2, 0) is 10.0 Å². The Kier molecular flexibility index (Phi) is 2.79. The van der Waals surface area contributed by atoms with Gasteiger partial charge in [-0.3, -0.25) is 0 Å². The van der Waals surface area contributed by atoms with Crippen LogP contribution in [0, 0.1) is 6.92 Å². The number of nitrogens with zero attached hydrogens (tertiary/aromatic N) is 2. The predicted octanol–water partition coefficient (Wildman–Crippen LogP) is 0.470. The SMILES string of the molecule is Cc1nnc(NS(=O)(=O)c2ccc(C(=O)O)o2)o1. The number of anilines is 1. The van der Waals surface area contributed by atoms with E-state index in [0.29, 0.717) is 0 Å². The Balaban J connectivity index is 2.27. The van der Waals surface area contributed by atoms with E-state index in [1.165, 1.54) is 6.92 Å². The van der Waals surface area contributed by atoms with Gasteiger partial charge in [0, 0.05) is 6.92 Å². The summed E-state index contributed by atoms with van der Waals surface area (Å²) in [5.74, 6) is -1.68. The number of hydrogen-bond donors (Lipinski definition) is 2. The fourth-order valence-corrected chi connectivity index (χ4v) is 1.94. The maximum absolute atomic E-state index is 11.7. The maximum Gasteiger partial charge on any atom is 0.371 e. The molecule has 0 unspecified atom stereocenters. The van der Waals surface area contributed by atoms with E-state index in [-0.39, 0.29) is 11.9 Å². The van der Waals surface area contributed by atoms with Crippen LogP contribution < -0.4 is 4.72 Å². The lowest BCUT2D eigenvalue weighted by molar-refractivity contribution is 0.0656. The van der Waals surface area contributed by atoms with Crippen LogP contribution in [0.25, 0.3) is 0 Å². The Morgan fingerprint density at radius 3 is 2.56 bits per heavy atom. The molecule has 0 aliphatic heterocycles. The number of sulfonamides is 1. The number of carbonyl (C=O) groups is 1. The summed E-state index contributed by atoms with van der Waals surface area (Å²) in [5.41, 5.74) is 0. The normalized spacial score (nSPS) is 11.4. The van der Waals surface area contributed by atoms with Gasteiger partial charge in [0.1, 0.15) is 0 Å². The van der Waals surface area contributed by atoms with Crippen LogP contribution in [0.3, 0.4) is 0 Å². The summed E-state index contributed by atoms with van der Waals surface area (Å²) in [6.45, 7) is 1.49. The van der Waals surface area contributed by atoms with Gasteiger partial charge in [0.25, 0.3) is 10.0 Å². The number of aromatic nitrogens is 2. The fourth-order valence-electron chi connectivity index (χ4n) is 1.08. The number of carboxylic acids is 1. The van der Waals surface area contributed by atoms with Gasteiger partial charge in [0.05, 0.1) is 0 Å². The highest BCUT2D eigenvalue weighted by Crippen LogP contribution is 2.17. The first-order valence-corrected chi connectivity index (χ1v) is 6.03. The molecule has 2 aromatic heterocycles. The van der Waals surface area contributed by atoms with Crippen molar-refractivity contribution in [3.05, 3.63) is 23.8 Å². The van der Waals surface area contributed by atoms with Crippen molar-refractivity contribution in [2.45, 2.75) is 12.0 Å². The second-order valence-corrected chi connectivity index (χ2v) is 4.77. The lowest BCUT2D eigenvalue weighted by Gasteiger charge is -1.99. The third kappa shape index (κ3) is 2.32. The number of furan rings is 1. The first-order valence-electron chi connectivity index (χ1n) is 4.54. The summed E-state index contributed by atoms with van der Waals surface area (Å²) in [6, 6.07) is 1.70. The Bertz CT molecular complexity index is 685. The Hall–Kier alpha value is -2.36. The lowest BCUT2D eigenvalue weighted by atomic mass is 10.5. The minimum Gasteiger partial charge on any atom is -0.475 e. The van der Waals surface area contributed by atoms with Gasteiger partial charge in [-0.1, -0.05) is 5.10 Å². The summed E-state index contributed by atoms with van der Waals surface area (Å²) in [4.78, 5) is 10.6. The smallest absolute Gasteiger partial charge is 0.371 e. The van der Waals surface area contributed by atoms with Crippen LogP contribution in [0.15, 0.2) is 26.1 Å². The van der Waals surface area contributed by atoms with Crippen molar-refractivity contribution in [1.29, 1.82) is 0 Å². The van der Waals surface area contributed by atoms with Crippen LogP contribution >= 0.6 is 0 Å². The first kappa shape index (κ1) is 12.1. The van der Waals surface area contributed by atoms with Crippen LogP contribution in [0.2, 0.25) is 0 Å². The molecule has 0 saturated heterocycles. The Morgan fingerprint density at radius 2 is 2.06 bits per heavy atom. The number of hydrogen-bond acceptors (Lipinski definition) is 7. The second-order valence-electron chi connectivity index (χ2n) is 3.16. The molecule has 0 saturated carbocycles.